The number of fused-ring (bicyclic) bond motifs is 1. The van der Waals surface area contributed by atoms with Crippen LogP contribution in [0.3, 0.4) is 0 Å². The molecular weight excluding hydrogens is 553 g/mol. The number of hydrogen-bond acceptors (Lipinski definition) is 4. The number of pyridine rings is 2. The number of ether oxygens (including phenoxy) is 1. The van der Waals surface area contributed by atoms with E-state index in [1.54, 1.807) is 60.9 Å². The first kappa shape index (κ1) is 23.4. The summed E-state index contributed by atoms with van der Waals surface area (Å²) in [6, 6.07) is 20.8. The third-order valence-corrected chi connectivity index (χ3v) is 6.35. The van der Waals surface area contributed by atoms with Gasteiger partial charge in [-0.05, 0) is 54.1 Å². The van der Waals surface area contributed by atoms with E-state index in [2.05, 4.69) is 20.9 Å². The molecule has 2 aromatic carbocycles. The standard InChI is InChI=1S/C26H16BrCl2N3O3/c27-18-5-7-20(8-6-18)35-21-9-11-23-31(14-16-4-10-22(29)30-13-16)25(33)24(26(34)32(23)15-21)17-2-1-3-19(28)12-17/h1-13,15H,14H2. The lowest BCUT2D eigenvalue weighted by molar-refractivity contribution is -0.708. The number of aromatic nitrogens is 3. The molecule has 174 valence electrons. The van der Waals surface area contributed by atoms with Crippen LogP contribution in [-0.2, 0) is 6.54 Å². The summed E-state index contributed by atoms with van der Waals surface area (Å²) < 4.78 is 9.80. The van der Waals surface area contributed by atoms with Gasteiger partial charge in [0.2, 0.25) is 0 Å². The Kier molecular flexibility index (Phi) is 6.47. The lowest BCUT2D eigenvalue weighted by Gasteiger charge is -2.17. The van der Waals surface area contributed by atoms with Gasteiger partial charge in [0.05, 0.1) is 5.88 Å². The molecule has 0 unspecified atom stereocenters. The predicted octanol–water partition coefficient (Wildman–Crippen LogP) is 5.63. The van der Waals surface area contributed by atoms with E-state index >= 15 is 0 Å². The summed E-state index contributed by atoms with van der Waals surface area (Å²) in [5.74, 6) is 0.613. The number of rotatable bonds is 5. The molecule has 35 heavy (non-hydrogen) atoms. The Labute approximate surface area is 218 Å². The first-order valence-electron chi connectivity index (χ1n) is 10.5. The maximum atomic E-state index is 13.6. The van der Waals surface area contributed by atoms with Gasteiger partial charge in [-0.25, -0.2) is 14.3 Å². The van der Waals surface area contributed by atoms with Crippen molar-refractivity contribution in [2.75, 3.05) is 0 Å². The molecule has 0 bridgehead atoms. The van der Waals surface area contributed by atoms with Crippen molar-refractivity contribution in [3.63, 3.8) is 0 Å². The van der Waals surface area contributed by atoms with Crippen LogP contribution in [0.25, 0.3) is 16.8 Å². The Morgan fingerprint density at radius 2 is 1.77 bits per heavy atom. The summed E-state index contributed by atoms with van der Waals surface area (Å²) in [6.45, 7) is 0.188. The molecule has 0 radical (unpaired) electrons. The third kappa shape index (κ3) is 4.89. The van der Waals surface area contributed by atoms with Gasteiger partial charge in [0.25, 0.3) is 5.65 Å². The number of hydrogen-bond donors (Lipinski definition) is 0. The average Bonchev–Trinajstić information content (AvgIpc) is 2.85. The molecule has 0 aliphatic rings. The minimum absolute atomic E-state index is 0.00714. The zero-order chi connectivity index (χ0) is 24.5. The van der Waals surface area contributed by atoms with E-state index in [9.17, 15) is 9.90 Å². The van der Waals surface area contributed by atoms with Crippen LogP contribution >= 0.6 is 39.1 Å². The highest BCUT2D eigenvalue weighted by atomic mass is 79.9. The van der Waals surface area contributed by atoms with Crippen LogP contribution in [0, 0.1) is 0 Å². The van der Waals surface area contributed by atoms with Gasteiger partial charge in [-0.3, -0.25) is 0 Å². The first-order chi connectivity index (χ1) is 16.9. The predicted molar refractivity (Wildman–Crippen MR) is 136 cm³/mol. The second-order valence-corrected chi connectivity index (χ2v) is 9.46. The quantitative estimate of drug-likeness (QED) is 0.203. The molecule has 3 heterocycles. The normalized spacial score (nSPS) is 11.1. The van der Waals surface area contributed by atoms with Crippen molar-refractivity contribution in [3.8, 4) is 28.5 Å². The van der Waals surface area contributed by atoms with Crippen molar-refractivity contribution in [3.05, 3.63) is 116 Å². The van der Waals surface area contributed by atoms with E-state index in [-0.39, 0.29) is 12.1 Å². The van der Waals surface area contributed by atoms with Crippen LogP contribution in [-0.4, -0.2) is 9.38 Å². The van der Waals surface area contributed by atoms with E-state index in [0.717, 1.165) is 10.0 Å². The van der Waals surface area contributed by atoms with Crippen LogP contribution in [0.2, 0.25) is 10.2 Å². The first-order valence-corrected chi connectivity index (χ1v) is 12.0. The lowest BCUT2D eigenvalue weighted by Crippen LogP contribution is -2.44. The molecule has 0 spiro atoms. The van der Waals surface area contributed by atoms with Gasteiger partial charge in [-0.1, -0.05) is 57.3 Å². The van der Waals surface area contributed by atoms with Gasteiger partial charge in [0.1, 0.15) is 29.2 Å². The molecule has 0 amide bonds. The van der Waals surface area contributed by atoms with Gasteiger partial charge in [0.15, 0.2) is 5.75 Å². The lowest BCUT2D eigenvalue weighted by atomic mass is 10.1. The SMILES string of the molecule is O=c1c(-c2cccc(Cl)c2)c([O-])[n+](Cc2ccc(Cl)nc2)c2ccc(Oc3ccc(Br)cc3)cn12. The van der Waals surface area contributed by atoms with Crippen LogP contribution in [0.5, 0.6) is 17.4 Å². The molecule has 0 saturated carbocycles. The van der Waals surface area contributed by atoms with Crippen molar-refractivity contribution >= 4 is 44.8 Å². The highest BCUT2D eigenvalue weighted by Gasteiger charge is 2.21. The van der Waals surface area contributed by atoms with Gasteiger partial charge in [0, 0.05) is 27.3 Å². The maximum absolute atomic E-state index is 13.6. The highest BCUT2D eigenvalue weighted by molar-refractivity contribution is 9.10. The molecule has 0 fully saturated rings. The van der Waals surface area contributed by atoms with Crippen LogP contribution in [0.1, 0.15) is 5.56 Å². The number of benzene rings is 2. The van der Waals surface area contributed by atoms with Crippen LogP contribution in [0.4, 0.5) is 0 Å². The van der Waals surface area contributed by atoms with Crippen molar-refractivity contribution in [1.82, 2.24) is 9.38 Å². The fourth-order valence-electron chi connectivity index (χ4n) is 3.73. The maximum Gasteiger partial charge on any atom is 0.349 e. The van der Waals surface area contributed by atoms with E-state index in [0.29, 0.717) is 32.9 Å². The topological polar surface area (TPSA) is 70.5 Å². The average molecular weight is 569 g/mol. The molecule has 5 aromatic rings. The summed E-state index contributed by atoms with van der Waals surface area (Å²) in [7, 11) is 0. The Hall–Kier alpha value is -3.39. The molecule has 5 rings (SSSR count). The molecule has 3 aromatic heterocycles. The van der Waals surface area contributed by atoms with E-state index < -0.39 is 11.4 Å². The van der Waals surface area contributed by atoms with Gasteiger partial charge >= 0.3 is 5.56 Å². The highest BCUT2D eigenvalue weighted by Crippen LogP contribution is 2.27. The molecule has 0 N–H and O–H groups in total. The van der Waals surface area contributed by atoms with Crippen molar-refractivity contribution < 1.29 is 14.4 Å². The van der Waals surface area contributed by atoms with Crippen molar-refractivity contribution in [1.29, 1.82) is 0 Å². The van der Waals surface area contributed by atoms with E-state index in [1.165, 1.54) is 8.97 Å². The van der Waals surface area contributed by atoms with Crippen LogP contribution < -0.4 is 20.0 Å². The minimum atomic E-state index is -0.473. The molecule has 0 atom stereocenters. The molecule has 6 nitrogen and oxygen atoms in total. The largest absolute Gasteiger partial charge is 0.842 e. The van der Waals surface area contributed by atoms with Crippen LogP contribution in [0.15, 0.2) is 94.5 Å². The zero-order valence-electron chi connectivity index (χ0n) is 18.0. The Balaban J connectivity index is 1.70. The minimum Gasteiger partial charge on any atom is -0.842 e. The van der Waals surface area contributed by atoms with Gasteiger partial charge in [-0.15, -0.1) is 0 Å². The Morgan fingerprint density at radius 1 is 1.00 bits per heavy atom. The molecule has 9 heteroatoms. The van der Waals surface area contributed by atoms with Gasteiger partial charge in [-0.2, -0.15) is 4.40 Å². The molecule has 0 aliphatic carbocycles. The summed E-state index contributed by atoms with van der Waals surface area (Å²) in [4.78, 5) is 17.7. The monoisotopic (exact) mass is 567 g/mol. The molecule has 0 aliphatic heterocycles. The third-order valence-electron chi connectivity index (χ3n) is 5.36. The van der Waals surface area contributed by atoms with Gasteiger partial charge < -0.3 is 9.84 Å². The summed E-state index contributed by atoms with van der Waals surface area (Å²) in [6.07, 6.45) is 3.17. The number of halogens is 3. The smallest absolute Gasteiger partial charge is 0.349 e. The fraction of sp³-hybridized carbons (Fsp3) is 0.0385. The fourth-order valence-corrected chi connectivity index (χ4v) is 4.30. The molecule has 0 saturated heterocycles. The Morgan fingerprint density at radius 3 is 2.49 bits per heavy atom. The van der Waals surface area contributed by atoms with E-state index in [1.807, 2.05) is 24.3 Å². The Bertz CT molecular complexity index is 1600. The van der Waals surface area contributed by atoms with Crippen molar-refractivity contribution in [2.24, 2.45) is 0 Å². The second kappa shape index (κ2) is 9.70. The molecular formula is C26H16BrCl2N3O3. The summed E-state index contributed by atoms with van der Waals surface area (Å²) in [5.41, 5.74) is 1.13. The summed E-state index contributed by atoms with van der Waals surface area (Å²) in [5, 5.41) is 14.4. The summed E-state index contributed by atoms with van der Waals surface area (Å²) >= 11 is 15.5. The second-order valence-electron chi connectivity index (χ2n) is 7.72. The zero-order valence-corrected chi connectivity index (χ0v) is 21.1. The van der Waals surface area contributed by atoms with E-state index in [4.69, 9.17) is 27.9 Å². The number of nitrogens with zero attached hydrogens (tertiary/aromatic N) is 3. The van der Waals surface area contributed by atoms with Crippen molar-refractivity contribution in [2.45, 2.75) is 6.54 Å².